The zero-order chi connectivity index (χ0) is 11.0. The van der Waals surface area contributed by atoms with Gasteiger partial charge in [0.25, 0.3) is 0 Å². The first-order chi connectivity index (χ1) is 5.00. The van der Waals surface area contributed by atoms with Crippen molar-refractivity contribution < 1.29 is 67.2 Å². The van der Waals surface area contributed by atoms with Crippen LogP contribution in [0.15, 0.2) is 0 Å². The van der Waals surface area contributed by atoms with Crippen LogP contribution < -0.4 is 0 Å². The van der Waals surface area contributed by atoms with E-state index >= 15 is 0 Å². The lowest BCUT2D eigenvalue weighted by Gasteiger charge is -1.68. The highest BCUT2D eigenvalue weighted by molar-refractivity contribution is 7.80. The Hall–Kier alpha value is -0.790. The SMILES string of the molecule is C=O.O.O.O.O.O.O=S(=O)(O)O.O=S(=O)(O)O. The van der Waals surface area contributed by atoms with Gasteiger partial charge >= 0.3 is 20.8 Å². The van der Waals surface area contributed by atoms with E-state index in [0.717, 1.165) is 0 Å². The van der Waals surface area contributed by atoms with Crippen molar-refractivity contribution in [2.24, 2.45) is 0 Å². The average molecular weight is 316 g/mol. The molecule has 0 aliphatic heterocycles. The minimum atomic E-state index is -4.67. The summed E-state index contributed by atoms with van der Waals surface area (Å²) in [6.07, 6.45) is 0. The Balaban J connectivity index is -0.0000000110. The zero-order valence-electron chi connectivity index (χ0n) is 7.85. The molecule has 0 unspecified atom stereocenters. The molecule has 0 bridgehead atoms. The van der Waals surface area contributed by atoms with Gasteiger partial charge in [0.05, 0.1) is 0 Å². The molecule has 0 spiro atoms. The van der Waals surface area contributed by atoms with Gasteiger partial charge in [-0.1, -0.05) is 0 Å². The van der Waals surface area contributed by atoms with Crippen molar-refractivity contribution in [2.75, 3.05) is 0 Å². The van der Waals surface area contributed by atoms with E-state index in [0.29, 0.717) is 0 Å². The van der Waals surface area contributed by atoms with Gasteiger partial charge in [-0.15, -0.1) is 0 Å². The molecule has 0 saturated heterocycles. The average Bonchev–Trinajstić information content (AvgIpc) is 1.59. The third kappa shape index (κ3) is 4250. The van der Waals surface area contributed by atoms with E-state index < -0.39 is 20.8 Å². The van der Waals surface area contributed by atoms with Gasteiger partial charge in [0.15, 0.2) is 0 Å². The Labute approximate surface area is 95.6 Å². The van der Waals surface area contributed by atoms with Crippen LogP contribution in [-0.2, 0) is 25.6 Å². The smallest absolute Gasteiger partial charge is 0.394 e. The third-order valence-electron chi connectivity index (χ3n) is 0. The van der Waals surface area contributed by atoms with Crippen molar-refractivity contribution in [1.82, 2.24) is 0 Å². The van der Waals surface area contributed by atoms with Crippen molar-refractivity contribution in [3.8, 4) is 0 Å². The Morgan fingerprint density at radius 3 is 0.529 bits per heavy atom. The van der Waals surface area contributed by atoms with E-state index in [2.05, 4.69) is 0 Å². The van der Waals surface area contributed by atoms with E-state index in [1.54, 1.807) is 0 Å². The highest BCUT2D eigenvalue weighted by Gasteiger charge is 1.85. The molecule has 0 amide bonds. The maximum atomic E-state index is 8.74. The van der Waals surface area contributed by atoms with Crippen molar-refractivity contribution >= 4 is 27.6 Å². The van der Waals surface area contributed by atoms with Gasteiger partial charge in [0.1, 0.15) is 6.79 Å². The predicted octanol–water partition coefficient (Wildman–Crippen LogP) is -5.61. The first-order valence-electron chi connectivity index (χ1n) is 1.69. The maximum Gasteiger partial charge on any atom is 0.394 e. The topological polar surface area (TPSA) is 324 Å². The molecule has 0 aromatic carbocycles. The van der Waals surface area contributed by atoms with Gasteiger partial charge in [-0.25, -0.2) is 0 Å². The van der Waals surface area contributed by atoms with Gasteiger partial charge < -0.3 is 32.2 Å². The Kier molecular flexibility index (Phi) is 80.0. The van der Waals surface area contributed by atoms with Gasteiger partial charge in [0.2, 0.25) is 0 Å². The zero-order valence-corrected chi connectivity index (χ0v) is 9.49. The van der Waals surface area contributed by atoms with Crippen LogP contribution >= 0.6 is 0 Å². The van der Waals surface area contributed by atoms with E-state index in [1.807, 2.05) is 6.79 Å². The second kappa shape index (κ2) is 24.4. The largest absolute Gasteiger partial charge is 0.412 e. The fraction of sp³-hybridized carbons (Fsp3) is 0. The minimum absolute atomic E-state index is 0. The van der Waals surface area contributed by atoms with Crippen molar-refractivity contribution in [2.45, 2.75) is 0 Å². The fourth-order valence-corrected chi connectivity index (χ4v) is 0. The van der Waals surface area contributed by atoms with E-state index in [1.165, 1.54) is 0 Å². The quantitative estimate of drug-likeness (QED) is 0.308. The van der Waals surface area contributed by atoms with Gasteiger partial charge in [0, 0.05) is 0 Å². The highest BCUT2D eigenvalue weighted by atomic mass is 32.3. The van der Waals surface area contributed by atoms with Crippen molar-refractivity contribution in [3.63, 3.8) is 0 Å². The summed E-state index contributed by atoms with van der Waals surface area (Å²) in [5, 5.41) is 0. The lowest BCUT2D eigenvalue weighted by atomic mass is 11.9. The molecule has 0 aromatic heterocycles. The minimum Gasteiger partial charge on any atom is -0.412 e. The lowest BCUT2D eigenvalue weighted by molar-refractivity contribution is -0.0980. The first kappa shape index (κ1) is 55.6. The van der Waals surface area contributed by atoms with Crippen molar-refractivity contribution in [1.29, 1.82) is 0 Å². The van der Waals surface area contributed by atoms with Gasteiger partial charge in [-0.3, -0.25) is 18.2 Å². The standard InChI is InChI=1S/CH2O.2H2O4S.5H2O/c1-2;2*1-5(2,3)4;;;;;/h1H2;2*(H2,1,2,3,4);5*1H2. The molecule has 0 aliphatic rings. The summed E-state index contributed by atoms with van der Waals surface area (Å²) in [6.45, 7) is 2.00. The number of carbonyl (C=O) groups excluding carboxylic acids is 1. The molecular weight excluding hydrogens is 300 g/mol. The van der Waals surface area contributed by atoms with E-state index in [4.69, 9.17) is 39.8 Å². The molecule has 16 heteroatoms. The van der Waals surface area contributed by atoms with Crippen molar-refractivity contribution in [3.05, 3.63) is 0 Å². The molecule has 14 nitrogen and oxygen atoms in total. The van der Waals surface area contributed by atoms with E-state index in [9.17, 15) is 0 Å². The molecule has 116 valence electrons. The summed E-state index contributed by atoms with van der Waals surface area (Å²) in [5.74, 6) is 0. The Morgan fingerprint density at radius 1 is 0.529 bits per heavy atom. The van der Waals surface area contributed by atoms with Crippen LogP contribution in [0.1, 0.15) is 0 Å². The highest BCUT2D eigenvalue weighted by Crippen LogP contribution is 1.59. The molecule has 0 atom stereocenters. The molecule has 17 heavy (non-hydrogen) atoms. The third-order valence-corrected chi connectivity index (χ3v) is 0. The molecule has 0 rings (SSSR count). The van der Waals surface area contributed by atoms with Crippen LogP contribution in [0.4, 0.5) is 0 Å². The van der Waals surface area contributed by atoms with Crippen LogP contribution in [0.5, 0.6) is 0 Å². The summed E-state index contributed by atoms with van der Waals surface area (Å²) < 4.78 is 63.2. The summed E-state index contributed by atoms with van der Waals surface area (Å²) >= 11 is 0. The molecule has 0 heterocycles. The molecule has 0 fully saturated rings. The van der Waals surface area contributed by atoms with Crippen LogP contribution in [0.2, 0.25) is 0 Å². The van der Waals surface area contributed by atoms with Crippen LogP contribution in [-0.4, -0.2) is 69.2 Å². The second-order valence-corrected chi connectivity index (χ2v) is 2.69. The Bertz CT molecular complexity index is 223. The molecule has 0 radical (unpaired) electrons. The predicted molar refractivity (Wildman–Crippen MR) is 53.5 cm³/mol. The maximum absolute atomic E-state index is 8.74. The van der Waals surface area contributed by atoms with Gasteiger partial charge in [-0.2, -0.15) is 16.8 Å². The van der Waals surface area contributed by atoms with Crippen LogP contribution in [0.25, 0.3) is 0 Å². The second-order valence-electron chi connectivity index (χ2n) is 0.896. The van der Waals surface area contributed by atoms with Crippen LogP contribution in [0.3, 0.4) is 0 Å². The summed E-state index contributed by atoms with van der Waals surface area (Å²) in [6, 6.07) is 0. The lowest BCUT2D eigenvalue weighted by Crippen LogP contribution is -1.89. The summed E-state index contributed by atoms with van der Waals surface area (Å²) in [4.78, 5) is 8.00. The molecule has 0 aliphatic carbocycles. The summed E-state index contributed by atoms with van der Waals surface area (Å²) in [7, 11) is -9.33. The van der Waals surface area contributed by atoms with Crippen LogP contribution in [0, 0.1) is 0 Å². The Morgan fingerprint density at radius 2 is 0.529 bits per heavy atom. The number of rotatable bonds is 0. The molecule has 14 N–H and O–H groups in total. The number of hydrogen-bond donors (Lipinski definition) is 4. The number of hydrogen-bond acceptors (Lipinski definition) is 5. The van der Waals surface area contributed by atoms with Gasteiger partial charge in [-0.05, 0) is 0 Å². The monoisotopic (exact) mass is 316 g/mol. The first-order valence-corrected chi connectivity index (χ1v) is 4.48. The molecule has 0 saturated carbocycles. The fourth-order valence-electron chi connectivity index (χ4n) is 0. The normalized spacial score (nSPS) is 7.06. The molecular formula is CH16O14S2. The number of carbonyl (C=O) groups is 1. The summed E-state index contributed by atoms with van der Waals surface area (Å²) in [5.41, 5.74) is 0. The molecule has 0 aromatic rings. The van der Waals surface area contributed by atoms with E-state index in [-0.39, 0.29) is 27.4 Å².